The summed E-state index contributed by atoms with van der Waals surface area (Å²) >= 11 is 0. The highest BCUT2D eigenvalue weighted by atomic mass is 32.2. The van der Waals surface area contributed by atoms with Gasteiger partial charge in [0.1, 0.15) is 0 Å². The summed E-state index contributed by atoms with van der Waals surface area (Å²) in [6.45, 7) is 4.94. The average molecular weight is 335 g/mol. The van der Waals surface area contributed by atoms with E-state index in [0.717, 1.165) is 41.2 Å². The van der Waals surface area contributed by atoms with Crippen LogP contribution in [-0.2, 0) is 10.0 Å². The molecule has 0 spiro atoms. The number of aromatic amines is 1. The smallest absolute Gasteiger partial charge is 0.211 e. The van der Waals surface area contributed by atoms with Gasteiger partial charge in [0, 0.05) is 36.5 Å². The van der Waals surface area contributed by atoms with E-state index in [9.17, 15) is 8.42 Å². The number of rotatable bonds is 3. The minimum Gasteiger partial charge on any atom is -0.282 e. The van der Waals surface area contributed by atoms with E-state index in [1.165, 1.54) is 10.6 Å². The van der Waals surface area contributed by atoms with Crippen LogP contribution in [0.25, 0.3) is 11.3 Å². The van der Waals surface area contributed by atoms with Gasteiger partial charge in [-0.05, 0) is 26.7 Å². The number of piperidine rings is 1. The topological polar surface area (TPSA) is 91.8 Å². The molecule has 3 heterocycles. The standard InChI is InChI=1S/C15H21N5O2S/c1-10-15(11(2)19-18-10)14-8-16-7-13(17-14)12-5-4-6-20(9-12)23(3,21)22/h7-8,12H,4-6,9H2,1-3H3,(H,18,19)/t12-/m1/s1. The van der Waals surface area contributed by atoms with Crippen molar-refractivity contribution in [1.82, 2.24) is 24.5 Å². The summed E-state index contributed by atoms with van der Waals surface area (Å²) in [6.07, 6.45) is 6.49. The fraction of sp³-hybridized carbons (Fsp3) is 0.533. The zero-order valence-electron chi connectivity index (χ0n) is 13.6. The molecule has 124 valence electrons. The zero-order chi connectivity index (χ0) is 16.6. The Hall–Kier alpha value is -1.80. The van der Waals surface area contributed by atoms with Gasteiger partial charge in [-0.15, -0.1) is 0 Å². The second-order valence-corrected chi connectivity index (χ2v) is 8.08. The van der Waals surface area contributed by atoms with Crippen LogP contribution in [0.15, 0.2) is 12.4 Å². The maximum absolute atomic E-state index is 11.8. The summed E-state index contributed by atoms with van der Waals surface area (Å²) in [6, 6.07) is 0. The molecule has 1 aliphatic rings. The Balaban J connectivity index is 1.91. The van der Waals surface area contributed by atoms with Crippen molar-refractivity contribution in [3.05, 3.63) is 29.5 Å². The molecular formula is C15H21N5O2S. The van der Waals surface area contributed by atoms with Crippen molar-refractivity contribution < 1.29 is 8.42 Å². The number of sulfonamides is 1. The molecule has 1 fully saturated rings. The summed E-state index contributed by atoms with van der Waals surface area (Å²) in [5, 5.41) is 7.15. The lowest BCUT2D eigenvalue weighted by atomic mass is 9.96. The highest BCUT2D eigenvalue weighted by Crippen LogP contribution is 2.29. The highest BCUT2D eigenvalue weighted by molar-refractivity contribution is 7.88. The summed E-state index contributed by atoms with van der Waals surface area (Å²) < 4.78 is 25.1. The first-order valence-electron chi connectivity index (χ1n) is 7.65. The van der Waals surface area contributed by atoms with Crippen molar-refractivity contribution >= 4 is 10.0 Å². The first-order chi connectivity index (χ1) is 10.9. The van der Waals surface area contributed by atoms with E-state index in [4.69, 9.17) is 4.98 Å². The van der Waals surface area contributed by atoms with Crippen LogP contribution in [0.4, 0.5) is 0 Å². The molecule has 0 aromatic carbocycles. The van der Waals surface area contributed by atoms with Gasteiger partial charge in [0.05, 0.1) is 29.5 Å². The second-order valence-electron chi connectivity index (χ2n) is 6.10. The predicted octanol–water partition coefficient (Wildman–Crippen LogP) is 1.62. The number of nitrogens with zero attached hydrogens (tertiary/aromatic N) is 4. The molecule has 2 aromatic heterocycles. The number of hydrogen-bond donors (Lipinski definition) is 1. The van der Waals surface area contributed by atoms with E-state index in [-0.39, 0.29) is 5.92 Å². The molecule has 0 unspecified atom stereocenters. The summed E-state index contributed by atoms with van der Waals surface area (Å²) in [4.78, 5) is 9.05. The molecule has 7 nitrogen and oxygen atoms in total. The van der Waals surface area contributed by atoms with Crippen molar-refractivity contribution in [2.45, 2.75) is 32.6 Å². The van der Waals surface area contributed by atoms with Gasteiger partial charge in [0.2, 0.25) is 10.0 Å². The second kappa shape index (κ2) is 6.01. The van der Waals surface area contributed by atoms with Gasteiger partial charge in [0.25, 0.3) is 0 Å². The van der Waals surface area contributed by atoms with Gasteiger partial charge in [-0.1, -0.05) is 0 Å². The van der Waals surface area contributed by atoms with Crippen LogP contribution in [0.2, 0.25) is 0 Å². The molecule has 3 rings (SSSR count). The molecular weight excluding hydrogens is 314 g/mol. The summed E-state index contributed by atoms with van der Waals surface area (Å²) in [5.41, 5.74) is 4.43. The molecule has 0 saturated carbocycles. The normalized spacial score (nSPS) is 19.9. The Morgan fingerprint density at radius 2 is 2.09 bits per heavy atom. The average Bonchev–Trinajstić information content (AvgIpc) is 2.86. The van der Waals surface area contributed by atoms with Crippen molar-refractivity contribution in [2.75, 3.05) is 19.3 Å². The van der Waals surface area contributed by atoms with E-state index >= 15 is 0 Å². The lowest BCUT2D eigenvalue weighted by Crippen LogP contribution is -2.38. The molecule has 2 aromatic rings. The highest BCUT2D eigenvalue weighted by Gasteiger charge is 2.28. The molecule has 0 aliphatic carbocycles. The minimum absolute atomic E-state index is 0.0819. The molecule has 1 saturated heterocycles. The lowest BCUT2D eigenvalue weighted by molar-refractivity contribution is 0.314. The van der Waals surface area contributed by atoms with Crippen molar-refractivity contribution in [1.29, 1.82) is 0 Å². The maximum atomic E-state index is 11.8. The third-order valence-electron chi connectivity index (χ3n) is 4.31. The summed E-state index contributed by atoms with van der Waals surface area (Å²) in [7, 11) is -3.16. The minimum atomic E-state index is -3.16. The molecule has 0 radical (unpaired) electrons. The number of aryl methyl sites for hydroxylation is 2. The number of hydrogen-bond acceptors (Lipinski definition) is 5. The molecule has 0 amide bonds. The van der Waals surface area contributed by atoms with E-state index in [1.54, 1.807) is 12.4 Å². The van der Waals surface area contributed by atoms with Gasteiger partial charge in [-0.25, -0.2) is 17.7 Å². The fourth-order valence-corrected chi connectivity index (χ4v) is 4.02. The van der Waals surface area contributed by atoms with Crippen molar-refractivity contribution in [2.24, 2.45) is 0 Å². The first kappa shape index (κ1) is 16.1. The van der Waals surface area contributed by atoms with E-state index < -0.39 is 10.0 Å². The van der Waals surface area contributed by atoms with E-state index in [1.807, 2.05) is 13.8 Å². The van der Waals surface area contributed by atoms with E-state index in [0.29, 0.717) is 13.1 Å². The molecule has 0 bridgehead atoms. The largest absolute Gasteiger partial charge is 0.282 e. The maximum Gasteiger partial charge on any atom is 0.211 e. The third-order valence-corrected chi connectivity index (χ3v) is 5.58. The van der Waals surface area contributed by atoms with Crippen LogP contribution in [0.5, 0.6) is 0 Å². The number of aromatic nitrogens is 4. The van der Waals surface area contributed by atoms with Crippen molar-refractivity contribution in [3.8, 4) is 11.3 Å². The SMILES string of the molecule is Cc1n[nH]c(C)c1-c1cncc([C@@H]2CCCN(S(C)(=O)=O)C2)n1. The van der Waals surface area contributed by atoms with Crippen LogP contribution >= 0.6 is 0 Å². The molecule has 1 N–H and O–H groups in total. The Labute approximate surface area is 136 Å². The lowest BCUT2D eigenvalue weighted by Gasteiger charge is -2.30. The van der Waals surface area contributed by atoms with Gasteiger partial charge >= 0.3 is 0 Å². The van der Waals surface area contributed by atoms with Crippen LogP contribution in [0.3, 0.4) is 0 Å². The third kappa shape index (κ3) is 3.28. The fourth-order valence-electron chi connectivity index (χ4n) is 3.11. The Morgan fingerprint density at radius 3 is 2.74 bits per heavy atom. The Morgan fingerprint density at radius 1 is 1.30 bits per heavy atom. The van der Waals surface area contributed by atoms with Gasteiger partial charge in [-0.3, -0.25) is 10.1 Å². The molecule has 1 atom stereocenters. The van der Waals surface area contributed by atoms with Gasteiger partial charge < -0.3 is 0 Å². The number of nitrogens with one attached hydrogen (secondary N) is 1. The van der Waals surface area contributed by atoms with Crippen LogP contribution in [-0.4, -0.2) is 52.2 Å². The monoisotopic (exact) mass is 335 g/mol. The van der Waals surface area contributed by atoms with Crippen LogP contribution in [0, 0.1) is 13.8 Å². The van der Waals surface area contributed by atoms with Crippen LogP contribution < -0.4 is 0 Å². The van der Waals surface area contributed by atoms with E-state index in [2.05, 4.69) is 15.2 Å². The number of H-pyrrole nitrogens is 1. The molecule has 23 heavy (non-hydrogen) atoms. The molecule has 1 aliphatic heterocycles. The van der Waals surface area contributed by atoms with Gasteiger partial charge in [-0.2, -0.15) is 5.10 Å². The predicted molar refractivity (Wildman–Crippen MR) is 87.5 cm³/mol. The Bertz CT molecular complexity index is 796. The first-order valence-corrected chi connectivity index (χ1v) is 9.50. The quantitative estimate of drug-likeness (QED) is 0.920. The molecule has 8 heteroatoms. The van der Waals surface area contributed by atoms with Crippen molar-refractivity contribution in [3.63, 3.8) is 0 Å². The Kier molecular flexibility index (Phi) is 4.20. The van der Waals surface area contributed by atoms with Crippen LogP contribution in [0.1, 0.15) is 35.8 Å². The summed E-state index contributed by atoms with van der Waals surface area (Å²) in [5.74, 6) is 0.0819. The van der Waals surface area contributed by atoms with Gasteiger partial charge in [0.15, 0.2) is 0 Å². The zero-order valence-corrected chi connectivity index (χ0v) is 14.4.